The third kappa shape index (κ3) is 6.40. The molecule has 2 rings (SSSR count). The van der Waals surface area contributed by atoms with Gasteiger partial charge in [-0.1, -0.05) is 57.4 Å². The van der Waals surface area contributed by atoms with Crippen molar-refractivity contribution in [2.24, 2.45) is 5.92 Å². The second-order valence-corrected chi connectivity index (χ2v) is 7.20. The number of benzene rings is 2. The topological polar surface area (TPSA) is 26.3 Å². The molecule has 0 saturated carbocycles. The van der Waals surface area contributed by atoms with E-state index in [0.29, 0.717) is 18.1 Å². The Bertz CT molecular complexity index is 883. The van der Waals surface area contributed by atoms with Gasteiger partial charge >= 0.3 is 5.97 Å². The summed E-state index contributed by atoms with van der Waals surface area (Å²) in [5.41, 5.74) is 0.777. The van der Waals surface area contributed by atoms with Crippen LogP contribution in [0.2, 0.25) is 0 Å². The van der Waals surface area contributed by atoms with Crippen LogP contribution < -0.4 is 4.74 Å². The zero-order valence-corrected chi connectivity index (χ0v) is 16.8. The molecular weight excluding hydrogens is 403 g/mol. The van der Waals surface area contributed by atoms with Crippen molar-refractivity contribution < 1.29 is 31.5 Å². The van der Waals surface area contributed by atoms with Gasteiger partial charge in [-0.25, -0.2) is 22.4 Å². The van der Waals surface area contributed by atoms with Crippen molar-refractivity contribution in [3.8, 4) is 5.75 Å². The number of esters is 1. The van der Waals surface area contributed by atoms with Crippen molar-refractivity contribution in [3.05, 3.63) is 70.8 Å². The van der Waals surface area contributed by atoms with Crippen LogP contribution >= 0.6 is 0 Å². The van der Waals surface area contributed by atoms with Crippen LogP contribution in [0.15, 0.2) is 42.2 Å². The van der Waals surface area contributed by atoms with Crippen molar-refractivity contribution >= 4 is 11.8 Å². The van der Waals surface area contributed by atoms with Gasteiger partial charge in [-0.2, -0.15) is 4.39 Å². The summed E-state index contributed by atoms with van der Waals surface area (Å²) in [5.74, 6) is -10.3. The molecule has 2 aromatic carbocycles. The maximum absolute atomic E-state index is 14.3. The molecule has 2 nitrogen and oxygen atoms in total. The van der Waals surface area contributed by atoms with Crippen LogP contribution in [0.4, 0.5) is 22.0 Å². The van der Waals surface area contributed by atoms with Crippen LogP contribution in [-0.4, -0.2) is 5.97 Å². The first kappa shape index (κ1) is 23.6. The molecule has 2 aromatic rings. The van der Waals surface area contributed by atoms with E-state index in [1.54, 1.807) is 12.1 Å². The van der Waals surface area contributed by atoms with Gasteiger partial charge in [0.05, 0.1) is 0 Å². The van der Waals surface area contributed by atoms with Gasteiger partial charge in [0.15, 0.2) is 23.3 Å². The van der Waals surface area contributed by atoms with Crippen LogP contribution in [-0.2, 0) is 11.2 Å². The molecule has 162 valence electrons. The van der Waals surface area contributed by atoms with Crippen molar-refractivity contribution in [1.82, 2.24) is 0 Å². The highest BCUT2D eigenvalue weighted by molar-refractivity contribution is 5.94. The Kier molecular flexibility index (Phi) is 8.57. The zero-order valence-electron chi connectivity index (χ0n) is 16.8. The van der Waals surface area contributed by atoms with Gasteiger partial charge in [0.2, 0.25) is 5.83 Å². The van der Waals surface area contributed by atoms with Gasteiger partial charge in [0.25, 0.3) is 0 Å². The molecule has 0 saturated heterocycles. The summed E-state index contributed by atoms with van der Waals surface area (Å²) in [4.78, 5) is 11.7. The molecule has 30 heavy (non-hydrogen) atoms. The smallest absolute Gasteiger partial charge is 0.375 e. The molecule has 0 radical (unpaired) electrons. The van der Waals surface area contributed by atoms with Crippen molar-refractivity contribution in [2.45, 2.75) is 46.0 Å². The molecular formula is C23H23F5O2. The average molecular weight is 426 g/mol. The highest BCUT2D eigenvalue weighted by atomic mass is 19.2. The van der Waals surface area contributed by atoms with Crippen molar-refractivity contribution in [2.75, 3.05) is 0 Å². The van der Waals surface area contributed by atoms with E-state index >= 15 is 0 Å². The lowest BCUT2D eigenvalue weighted by Gasteiger charge is -2.09. The molecule has 0 fully saturated rings. The van der Waals surface area contributed by atoms with Gasteiger partial charge in [-0.3, -0.25) is 0 Å². The first-order chi connectivity index (χ1) is 14.2. The Morgan fingerprint density at radius 1 is 1.00 bits per heavy atom. The van der Waals surface area contributed by atoms with Crippen LogP contribution in [0.3, 0.4) is 0 Å². The predicted molar refractivity (Wildman–Crippen MR) is 105 cm³/mol. The molecule has 0 N–H and O–H groups in total. The van der Waals surface area contributed by atoms with Crippen LogP contribution in [0.5, 0.6) is 5.75 Å². The van der Waals surface area contributed by atoms with Gasteiger partial charge < -0.3 is 4.74 Å². The number of carbonyl (C=O) groups excluding carboxylic acids is 1. The molecule has 0 spiro atoms. The number of halogens is 5. The Morgan fingerprint density at radius 3 is 2.17 bits per heavy atom. The second-order valence-electron chi connectivity index (χ2n) is 7.20. The largest absolute Gasteiger partial charge is 0.421 e. The highest BCUT2D eigenvalue weighted by Crippen LogP contribution is 2.25. The summed E-state index contributed by atoms with van der Waals surface area (Å²) in [7, 11) is 0. The SMILES string of the molecule is CCCC(C)CCCc1ccc(/C(F)=C(\F)C(=O)Oc2cc(F)c(F)c(F)c2)cc1. The number of carbonyl (C=O) groups is 1. The third-order valence-electron chi connectivity index (χ3n) is 4.69. The predicted octanol–water partition coefficient (Wildman–Crippen LogP) is 7.08. The van der Waals surface area contributed by atoms with E-state index in [1.807, 2.05) is 0 Å². The molecule has 7 heteroatoms. The fraction of sp³-hybridized carbons (Fsp3) is 0.348. The zero-order chi connectivity index (χ0) is 22.3. The quantitative estimate of drug-likeness (QED) is 0.141. The number of ether oxygens (including phenoxy) is 1. The second kappa shape index (κ2) is 10.9. The van der Waals surface area contributed by atoms with E-state index in [1.165, 1.54) is 18.6 Å². The van der Waals surface area contributed by atoms with Crippen LogP contribution in [0.25, 0.3) is 5.83 Å². The minimum atomic E-state index is -1.86. The summed E-state index contributed by atoms with van der Waals surface area (Å²) in [5, 5.41) is 0. The highest BCUT2D eigenvalue weighted by Gasteiger charge is 2.21. The minimum Gasteiger partial charge on any atom is -0.421 e. The molecule has 0 aliphatic carbocycles. The molecule has 0 bridgehead atoms. The lowest BCUT2D eigenvalue weighted by atomic mass is 9.97. The van der Waals surface area contributed by atoms with Gasteiger partial charge in [-0.05, 0) is 24.3 Å². The number of aryl methyl sites for hydroxylation is 1. The molecule has 0 amide bonds. The van der Waals surface area contributed by atoms with Gasteiger partial charge in [0, 0.05) is 17.7 Å². The van der Waals surface area contributed by atoms with E-state index in [4.69, 9.17) is 0 Å². The van der Waals surface area contributed by atoms with Crippen LogP contribution in [0.1, 0.15) is 50.7 Å². The van der Waals surface area contributed by atoms with Crippen molar-refractivity contribution in [3.63, 3.8) is 0 Å². The summed E-state index contributed by atoms with van der Waals surface area (Å²) in [6, 6.07) is 6.68. The van der Waals surface area contributed by atoms with E-state index in [9.17, 15) is 26.7 Å². The molecule has 0 aliphatic heterocycles. The van der Waals surface area contributed by atoms with Gasteiger partial charge in [0.1, 0.15) is 5.75 Å². The minimum absolute atomic E-state index is 0.177. The Morgan fingerprint density at radius 2 is 1.60 bits per heavy atom. The average Bonchev–Trinajstić information content (AvgIpc) is 2.71. The molecule has 0 heterocycles. The lowest BCUT2D eigenvalue weighted by molar-refractivity contribution is -0.131. The van der Waals surface area contributed by atoms with E-state index in [0.717, 1.165) is 31.2 Å². The first-order valence-corrected chi connectivity index (χ1v) is 9.74. The number of hydrogen-bond donors (Lipinski definition) is 0. The number of hydrogen-bond acceptors (Lipinski definition) is 2. The van der Waals surface area contributed by atoms with E-state index in [2.05, 4.69) is 18.6 Å². The fourth-order valence-electron chi connectivity index (χ4n) is 3.07. The van der Waals surface area contributed by atoms with Gasteiger partial charge in [-0.15, -0.1) is 0 Å². The Labute approximate surface area is 172 Å². The molecule has 1 atom stereocenters. The Hall–Kier alpha value is -2.70. The van der Waals surface area contributed by atoms with Crippen LogP contribution in [0, 0.1) is 23.4 Å². The molecule has 0 aromatic heterocycles. The van der Waals surface area contributed by atoms with E-state index in [-0.39, 0.29) is 5.56 Å². The maximum atomic E-state index is 14.3. The first-order valence-electron chi connectivity index (χ1n) is 9.74. The standard InChI is InChI=1S/C23H23F5O2/c1-3-5-14(2)6-4-7-15-8-10-16(11-9-15)20(26)22(28)23(29)30-17-12-18(24)21(27)19(25)13-17/h8-14H,3-7H2,1-2H3/b22-20+. The summed E-state index contributed by atoms with van der Waals surface area (Å²) in [6.45, 7) is 4.34. The summed E-state index contributed by atoms with van der Waals surface area (Å²) >= 11 is 0. The summed E-state index contributed by atoms with van der Waals surface area (Å²) in [6.07, 6.45) is 5.16. The number of rotatable bonds is 9. The fourth-order valence-corrected chi connectivity index (χ4v) is 3.07. The maximum Gasteiger partial charge on any atom is 0.375 e. The van der Waals surface area contributed by atoms with E-state index < -0.39 is 40.8 Å². The normalized spacial score (nSPS) is 13.0. The third-order valence-corrected chi connectivity index (χ3v) is 4.69. The Balaban J connectivity index is 2.03. The summed E-state index contributed by atoms with van der Waals surface area (Å²) < 4.78 is 71.9. The monoisotopic (exact) mass is 426 g/mol. The molecule has 1 unspecified atom stereocenters. The molecule has 0 aliphatic rings. The lowest BCUT2D eigenvalue weighted by Crippen LogP contribution is -2.10. The van der Waals surface area contributed by atoms with Crippen molar-refractivity contribution in [1.29, 1.82) is 0 Å².